The summed E-state index contributed by atoms with van der Waals surface area (Å²) in [5.74, 6) is 0.949. The molecule has 5 rings (SSSR count). The van der Waals surface area contributed by atoms with Gasteiger partial charge in [0.2, 0.25) is 18.1 Å². The van der Waals surface area contributed by atoms with Gasteiger partial charge in [-0.3, -0.25) is 14.4 Å². The van der Waals surface area contributed by atoms with Crippen molar-refractivity contribution in [3.63, 3.8) is 0 Å². The highest BCUT2D eigenvalue weighted by Gasteiger charge is 2.22. The number of ketones is 1. The van der Waals surface area contributed by atoms with Crippen molar-refractivity contribution in [2.24, 2.45) is 0 Å². The molecule has 0 atom stereocenters. The first kappa shape index (κ1) is 24.2. The number of carbonyl (C=O) groups is 2. The molecule has 1 aromatic heterocycles. The fraction of sp³-hybridized carbons (Fsp3) is 0.148. The molecule has 0 spiro atoms. The van der Waals surface area contributed by atoms with E-state index in [0.29, 0.717) is 44.8 Å². The molecule has 37 heavy (non-hydrogen) atoms. The Labute approximate surface area is 216 Å². The van der Waals surface area contributed by atoms with Crippen molar-refractivity contribution < 1.29 is 28.5 Å². The van der Waals surface area contributed by atoms with Gasteiger partial charge in [-0.15, -0.1) is 0 Å². The average Bonchev–Trinajstić information content (AvgIpc) is 3.37. The molecule has 10 heteroatoms. The fourth-order valence-corrected chi connectivity index (χ4v) is 4.19. The minimum absolute atomic E-state index is 0.00850. The summed E-state index contributed by atoms with van der Waals surface area (Å²) in [6, 6.07) is 14.4. The second-order valence-electron chi connectivity index (χ2n) is 8.21. The van der Waals surface area contributed by atoms with Gasteiger partial charge in [0.1, 0.15) is 18.0 Å². The molecule has 0 aliphatic carbocycles. The van der Waals surface area contributed by atoms with Gasteiger partial charge >= 0.3 is 0 Å². The van der Waals surface area contributed by atoms with Crippen LogP contribution in [0.25, 0.3) is 10.9 Å². The van der Waals surface area contributed by atoms with E-state index in [1.54, 1.807) is 48.5 Å². The van der Waals surface area contributed by atoms with Crippen molar-refractivity contribution in [1.29, 1.82) is 0 Å². The standard InChI is InChI=1S/C27H21ClN2O7/c1-34-18-7-17(8-19(9-18)35-2)29-25(31)13-30-12-21(26(32)15-3-5-16(28)6-4-15)27(33)20-10-23-24(11-22(20)30)37-14-36-23/h3-12H,13-14H2,1-2H3,(H,29,31). The summed E-state index contributed by atoms with van der Waals surface area (Å²) in [4.78, 5) is 39.8. The zero-order valence-electron chi connectivity index (χ0n) is 19.9. The largest absolute Gasteiger partial charge is 0.497 e. The van der Waals surface area contributed by atoms with Crippen LogP contribution in [0.2, 0.25) is 5.02 Å². The number of halogens is 1. The summed E-state index contributed by atoms with van der Waals surface area (Å²) in [7, 11) is 3.02. The number of benzene rings is 3. The first-order valence-corrected chi connectivity index (χ1v) is 11.5. The van der Waals surface area contributed by atoms with Crippen molar-refractivity contribution in [3.05, 3.63) is 87.2 Å². The van der Waals surface area contributed by atoms with E-state index in [4.69, 9.17) is 30.5 Å². The molecule has 0 saturated carbocycles. The summed E-state index contributed by atoms with van der Waals surface area (Å²) in [6.45, 7) is -0.189. The van der Waals surface area contributed by atoms with Crippen molar-refractivity contribution in [1.82, 2.24) is 4.57 Å². The molecule has 1 N–H and O–H groups in total. The Kier molecular flexibility index (Phi) is 6.45. The number of fused-ring (bicyclic) bond motifs is 2. The van der Waals surface area contributed by atoms with Gasteiger partial charge in [-0.2, -0.15) is 0 Å². The number of hydrogen-bond donors (Lipinski definition) is 1. The van der Waals surface area contributed by atoms with Gasteiger partial charge in [-0.05, 0) is 30.3 Å². The van der Waals surface area contributed by atoms with E-state index in [2.05, 4.69) is 5.32 Å². The predicted molar refractivity (Wildman–Crippen MR) is 137 cm³/mol. The Bertz CT molecular complexity index is 1570. The fourth-order valence-electron chi connectivity index (χ4n) is 4.06. The van der Waals surface area contributed by atoms with E-state index in [0.717, 1.165) is 0 Å². The molecule has 0 unspecified atom stereocenters. The maximum atomic E-state index is 13.4. The maximum absolute atomic E-state index is 13.4. The Morgan fingerprint density at radius 1 is 0.973 bits per heavy atom. The molecular formula is C27H21ClN2O7. The topological polar surface area (TPSA) is 105 Å². The van der Waals surface area contributed by atoms with Crippen LogP contribution < -0.4 is 29.7 Å². The number of carbonyl (C=O) groups excluding carboxylic acids is 2. The molecular weight excluding hydrogens is 500 g/mol. The van der Waals surface area contributed by atoms with Crippen LogP contribution in [0.15, 0.2) is 65.6 Å². The number of hydrogen-bond acceptors (Lipinski definition) is 7. The Hall–Kier alpha value is -4.50. The maximum Gasteiger partial charge on any atom is 0.244 e. The molecule has 1 aliphatic heterocycles. The molecule has 0 saturated heterocycles. The van der Waals surface area contributed by atoms with Gasteiger partial charge in [-0.25, -0.2) is 0 Å². The zero-order chi connectivity index (χ0) is 26.1. The van der Waals surface area contributed by atoms with Crippen LogP contribution in [0.3, 0.4) is 0 Å². The Morgan fingerprint density at radius 2 is 1.62 bits per heavy atom. The van der Waals surface area contributed by atoms with Gasteiger partial charge in [0.25, 0.3) is 0 Å². The minimum atomic E-state index is -0.493. The molecule has 0 radical (unpaired) electrons. The van der Waals surface area contributed by atoms with Crippen LogP contribution in [0.5, 0.6) is 23.0 Å². The summed E-state index contributed by atoms with van der Waals surface area (Å²) < 4.78 is 23.0. The Morgan fingerprint density at radius 3 is 2.27 bits per heavy atom. The van der Waals surface area contributed by atoms with Gasteiger partial charge in [0, 0.05) is 46.7 Å². The van der Waals surface area contributed by atoms with E-state index in [1.807, 2.05) is 0 Å². The predicted octanol–water partition coefficient (Wildman–Crippen LogP) is 4.27. The smallest absolute Gasteiger partial charge is 0.244 e. The van der Waals surface area contributed by atoms with Gasteiger partial charge in [-0.1, -0.05) is 11.6 Å². The molecule has 9 nitrogen and oxygen atoms in total. The number of nitrogens with one attached hydrogen (secondary N) is 1. The van der Waals surface area contributed by atoms with E-state index in [-0.39, 0.29) is 24.3 Å². The van der Waals surface area contributed by atoms with Crippen LogP contribution in [0.1, 0.15) is 15.9 Å². The third-order valence-corrected chi connectivity index (χ3v) is 6.13. The van der Waals surface area contributed by atoms with Crippen LogP contribution >= 0.6 is 11.6 Å². The summed E-state index contributed by atoms with van der Waals surface area (Å²) in [5, 5.41) is 3.49. The van der Waals surface area contributed by atoms with Gasteiger partial charge in [0.05, 0.1) is 30.7 Å². The molecule has 0 bridgehead atoms. The van der Waals surface area contributed by atoms with Gasteiger partial charge in [0.15, 0.2) is 17.3 Å². The monoisotopic (exact) mass is 520 g/mol. The lowest BCUT2D eigenvalue weighted by atomic mass is 10.0. The second kappa shape index (κ2) is 9.87. The highest BCUT2D eigenvalue weighted by atomic mass is 35.5. The number of ether oxygens (including phenoxy) is 4. The summed E-state index contributed by atoms with van der Waals surface area (Å²) in [6.07, 6.45) is 1.38. The van der Waals surface area contributed by atoms with Crippen LogP contribution in [-0.4, -0.2) is 37.3 Å². The highest BCUT2D eigenvalue weighted by molar-refractivity contribution is 6.30. The molecule has 1 aliphatic rings. The van der Waals surface area contributed by atoms with Crippen molar-refractivity contribution >= 4 is 39.9 Å². The molecule has 188 valence electrons. The number of pyridine rings is 1. The molecule has 3 aromatic carbocycles. The van der Waals surface area contributed by atoms with E-state index < -0.39 is 17.1 Å². The molecule has 1 amide bonds. The number of methoxy groups -OCH3 is 2. The second-order valence-corrected chi connectivity index (χ2v) is 8.64. The number of aromatic nitrogens is 1. The van der Waals surface area contributed by atoms with Crippen molar-refractivity contribution in [3.8, 4) is 23.0 Å². The SMILES string of the molecule is COc1cc(NC(=O)Cn2cc(C(=O)c3ccc(Cl)cc3)c(=O)c3cc4c(cc32)OCO4)cc(OC)c1. The lowest BCUT2D eigenvalue weighted by Gasteiger charge is -2.15. The average molecular weight is 521 g/mol. The normalized spacial score (nSPS) is 11.9. The summed E-state index contributed by atoms with van der Waals surface area (Å²) in [5.41, 5.74) is 0.593. The lowest BCUT2D eigenvalue weighted by molar-refractivity contribution is -0.116. The minimum Gasteiger partial charge on any atom is -0.497 e. The van der Waals surface area contributed by atoms with Crippen molar-refractivity contribution in [2.45, 2.75) is 6.54 Å². The van der Waals surface area contributed by atoms with Crippen LogP contribution in [0.4, 0.5) is 5.69 Å². The molecule has 2 heterocycles. The number of rotatable bonds is 7. The molecule has 0 fully saturated rings. The first-order chi connectivity index (χ1) is 17.9. The van der Waals surface area contributed by atoms with E-state index in [1.165, 1.54) is 31.0 Å². The summed E-state index contributed by atoms with van der Waals surface area (Å²) >= 11 is 5.95. The number of anilines is 1. The first-order valence-electron chi connectivity index (χ1n) is 11.2. The quantitative estimate of drug-likeness (QED) is 0.363. The van der Waals surface area contributed by atoms with Gasteiger partial charge < -0.3 is 28.8 Å². The van der Waals surface area contributed by atoms with E-state index in [9.17, 15) is 14.4 Å². The zero-order valence-corrected chi connectivity index (χ0v) is 20.6. The van der Waals surface area contributed by atoms with Crippen LogP contribution in [-0.2, 0) is 11.3 Å². The lowest BCUT2D eigenvalue weighted by Crippen LogP contribution is -2.24. The highest BCUT2D eigenvalue weighted by Crippen LogP contribution is 2.35. The molecule has 4 aromatic rings. The number of amides is 1. The van der Waals surface area contributed by atoms with Crippen molar-refractivity contribution in [2.75, 3.05) is 26.3 Å². The van der Waals surface area contributed by atoms with Crippen LogP contribution in [0, 0.1) is 0 Å². The van der Waals surface area contributed by atoms with E-state index >= 15 is 0 Å². The number of nitrogens with zero attached hydrogens (tertiary/aromatic N) is 1. The third kappa shape index (κ3) is 4.81. The Balaban J connectivity index is 1.56. The third-order valence-electron chi connectivity index (χ3n) is 5.87.